The zero-order chi connectivity index (χ0) is 29.6. The average molecular weight is 578 g/mol. The number of methoxy groups -OCH3 is 1. The number of carbonyl (C=O) groups is 1. The van der Waals surface area contributed by atoms with E-state index in [1.807, 2.05) is 4.90 Å². The van der Waals surface area contributed by atoms with Crippen molar-refractivity contribution in [3.05, 3.63) is 82.4 Å². The number of nitrogens with zero attached hydrogens (tertiary/aromatic N) is 5. The quantitative estimate of drug-likeness (QED) is 0.226. The summed E-state index contributed by atoms with van der Waals surface area (Å²) in [5, 5.41) is 3.88. The Morgan fingerprint density at radius 1 is 1.00 bits per heavy atom. The van der Waals surface area contributed by atoms with Crippen LogP contribution in [0.25, 0.3) is 16.9 Å². The average Bonchev–Trinajstić information content (AvgIpc) is 3.37. The highest BCUT2D eigenvalue weighted by atomic mass is 19.4. The molecule has 4 aromatic rings. The molecule has 216 valence electrons. The van der Waals surface area contributed by atoms with E-state index in [2.05, 4.69) is 10.1 Å². The number of aromatic nitrogens is 3. The van der Waals surface area contributed by atoms with Crippen LogP contribution in [0.1, 0.15) is 40.1 Å². The molecule has 0 N–H and O–H groups in total. The third-order valence-corrected chi connectivity index (χ3v) is 7.38. The summed E-state index contributed by atoms with van der Waals surface area (Å²) >= 11 is 0. The molecule has 3 heterocycles. The predicted molar refractivity (Wildman–Crippen MR) is 137 cm³/mol. The number of ether oxygens (including phenoxy) is 1. The van der Waals surface area contributed by atoms with Crippen LogP contribution in [0.2, 0.25) is 0 Å². The Bertz CT molecular complexity index is 1590. The van der Waals surface area contributed by atoms with Crippen molar-refractivity contribution in [3.8, 4) is 17.0 Å². The summed E-state index contributed by atoms with van der Waals surface area (Å²) in [6, 6.07) is 7.78. The van der Waals surface area contributed by atoms with Crippen LogP contribution in [0.15, 0.2) is 42.6 Å². The van der Waals surface area contributed by atoms with E-state index in [0.29, 0.717) is 28.9 Å². The summed E-state index contributed by atoms with van der Waals surface area (Å²) in [5.74, 6) is -4.15. The topological polar surface area (TPSA) is 63.0 Å². The van der Waals surface area contributed by atoms with E-state index in [-0.39, 0.29) is 41.1 Å². The minimum atomic E-state index is -4.78. The van der Waals surface area contributed by atoms with Crippen molar-refractivity contribution in [1.29, 1.82) is 0 Å². The number of carbonyl (C=O) groups excluding carboxylic acids is 1. The largest absolute Gasteiger partial charge is 0.497 e. The molecule has 1 atom stereocenters. The first-order valence-corrected chi connectivity index (χ1v) is 12.7. The second-order valence-corrected chi connectivity index (χ2v) is 9.76. The molecule has 5 rings (SSSR count). The summed E-state index contributed by atoms with van der Waals surface area (Å²) in [4.78, 5) is 21.3. The van der Waals surface area contributed by atoms with Crippen LogP contribution in [0.3, 0.4) is 0 Å². The summed E-state index contributed by atoms with van der Waals surface area (Å²) in [6.45, 7) is 4.01. The van der Waals surface area contributed by atoms with Crippen LogP contribution in [0, 0.1) is 24.4 Å². The Labute approximate surface area is 231 Å². The van der Waals surface area contributed by atoms with Gasteiger partial charge in [-0.25, -0.2) is 22.7 Å². The highest BCUT2D eigenvalue weighted by Gasteiger charge is 2.39. The lowest BCUT2D eigenvalue weighted by Crippen LogP contribution is -2.49. The van der Waals surface area contributed by atoms with Crippen LogP contribution < -0.4 is 4.74 Å². The van der Waals surface area contributed by atoms with Crippen LogP contribution in [-0.4, -0.2) is 63.6 Å². The van der Waals surface area contributed by atoms with Gasteiger partial charge in [0.25, 0.3) is 5.91 Å². The molecule has 7 nitrogen and oxygen atoms in total. The van der Waals surface area contributed by atoms with Crippen LogP contribution in [-0.2, 0) is 6.18 Å². The molecule has 1 amide bonds. The van der Waals surface area contributed by atoms with Crippen LogP contribution >= 0.6 is 0 Å². The van der Waals surface area contributed by atoms with Gasteiger partial charge in [0.2, 0.25) is 0 Å². The SMILES string of the molecule is COc1ccc(-c2nc3c(C(=O)N4CCN([C@@H](C)c5cc(F)c(F)c(F)c5)CC4)cnn3c(C(F)(F)F)c2C)cc1. The molecule has 2 aromatic heterocycles. The molecule has 0 bridgehead atoms. The van der Waals surface area contributed by atoms with Gasteiger partial charge in [-0.15, -0.1) is 0 Å². The van der Waals surface area contributed by atoms with Crippen molar-refractivity contribution < 1.29 is 35.9 Å². The number of halogens is 6. The summed E-state index contributed by atoms with van der Waals surface area (Å²) < 4.78 is 89.3. The molecule has 0 radical (unpaired) electrons. The van der Waals surface area contributed by atoms with E-state index in [1.54, 1.807) is 31.2 Å². The maximum Gasteiger partial charge on any atom is 0.433 e. The minimum Gasteiger partial charge on any atom is -0.497 e. The molecule has 13 heteroatoms. The van der Waals surface area contributed by atoms with Crippen molar-refractivity contribution in [3.63, 3.8) is 0 Å². The van der Waals surface area contributed by atoms with Gasteiger partial charge in [0.15, 0.2) is 28.8 Å². The lowest BCUT2D eigenvalue weighted by Gasteiger charge is -2.38. The van der Waals surface area contributed by atoms with Crippen molar-refractivity contribution in [1.82, 2.24) is 24.4 Å². The van der Waals surface area contributed by atoms with E-state index < -0.39 is 41.3 Å². The fourth-order valence-electron chi connectivity index (χ4n) is 5.10. The number of fused-ring (bicyclic) bond motifs is 1. The monoisotopic (exact) mass is 577 g/mol. The number of rotatable bonds is 5. The third-order valence-electron chi connectivity index (χ3n) is 7.38. The van der Waals surface area contributed by atoms with E-state index in [4.69, 9.17) is 4.74 Å². The zero-order valence-electron chi connectivity index (χ0n) is 22.3. The molecular weight excluding hydrogens is 552 g/mol. The number of alkyl halides is 3. The van der Waals surface area contributed by atoms with Gasteiger partial charge in [-0.05, 0) is 55.8 Å². The van der Waals surface area contributed by atoms with E-state index in [0.717, 1.165) is 18.3 Å². The fourth-order valence-corrected chi connectivity index (χ4v) is 5.10. The summed E-state index contributed by atoms with van der Waals surface area (Å²) in [6.07, 6.45) is -3.70. The first kappa shape index (κ1) is 28.4. The smallest absolute Gasteiger partial charge is 0.433 e. The lowest BCUT2D eigenvalue weighted by atomic mass is 10.0. The molecule has 1 fully saturated rings. The van der Waals surface area contributed by atoms with Gasteiger partial charge in [-0.3, -0.25) is 9.69 Å². The van der Waals surface area contributed by atoms with Gasteiger partial charge < -0.3 is 9.64 Å². The molecular formula is C28H25F6N5O2. The molecule has 0 saturated carbocycles. The highest BCUT2D eigenvalue weighted by Crippen LogP contribution is 2.37. The molecule has 41 heavy (non-hydrogen) atoms. The first-order chi connectivity index (χ1) is 19.4. The Kier molecular flexibility index (Phi) is 7.41. The third kappa shape index (κ3) is 5.21. The summed E-state index contributed by atoms with van der Waals surface area (Å²) in [7, 11) is 1.47. The highest BCUT2D eigenvalue weighted by molar-refractivity contribution is 6.00. The number of hydrogen-bond acceptors (Lipinski definition) is 5. The Morgan fingerprint density at radius 3 is 2.17 bits per heavy atom. The van der Waals surface area contributed by atoms with Crippen molar-refractivity contribution in [2.75, 3.05) is 33.3 Å². The van der Waals surface area contributed by atoms with Gasteiger partial charge >= 0.3 is 6.18 Å². The van der Waals surface area contributed by atoms with Gasteiger partial charge in [0, 0.05) is 43.3 Å². The molecule has 0 aliphatic carbocycles. The first-order valence-electron chi connectivity index (χ1n) is 12.7. The number of piperazine rings is 1. The zero-order valence-corrected chi connectivity index (χ0v) is 22.3. The molecule has 0 unspecified atom stereocenters. The Hall–Kier alpha value is -4.13. The van der Waals surface area contributed by atoms with E-state index in [1.165, 1.54) is 18.9 Å². The Balaban J connectivity index is 1.43. The van der Waals surface area contributed by atoms with Crippen molar-refractivity contribution in [2.45, 2.75) is 26.1 Å². The fraction of sp³-hybridized carbons (Fsp3) is 0.321. The minimum absolute atomic E-state index is 0.0550. The number of amides is 1. The van der Waals surface area contributed by atoms with Crippen LogP contribution in [0.4, 0.5) is 26.3 Å². The lowest BCUT2D eigenvalue weighted by molar-refractivity contribution is -0.143. The number of hydrogen-bond donors (Lipinski definition) is 0. The molecule has 1 saturated heterocycles. The second-order valence-electron chi connectivity index (χ2n) is 9.76. The molecule has 1 aliphatic rings. The maximum absolute atomic E-state index is 14.2. The van der Waals surface area contributed by atoms with Gasteiger partial charge in [-0.2, -0.15) is 18.3 Å². The van der Waals surface area contributed by atoms with Crippen LogP contribution in [0.5, 0.6) is 5.75 Å². The summed E-state index contributed by atoms with van der Waals surface area (Å²) in [5.41, 5.74) is -0.791. The van der Waals surface area contributed by atoms with Gasteiger partial charge in [0.05, 0.1) is 19.0 Å². The second kappa shape index (κ2) is 10.7. The maximum atomic E-state index is 14.2. The standard InChI is InChI=1S/C28H25F6N5O2/c1-15-24(17-4-6-19(41-3)7-5-17)36-26-20(14-35-39(26)25(15)28(32,33)34)27(40)38-10-8-37(9-11-38)16(2)18-12-21(29)23(31)22(30)13-18/h4-7,12-14,16H,8-11H2,1-3H3/t16-/m0/s1. The molecule has 2 aromatic carbocycles. The number of benzene rings is 2. The Morgan fingerprint density at radius 2 is 1.61 bits per heavy atom. The molecule has 0 spiro atoms. The normalized spacial score (nSPS) is 15.4. The molecule has 1 aliphatic heterocycles. The van der Waals surface area contributed by atoms with Crippen molar-refractivity contribution >= 4 is 11.6 Å². The van der Waals surface area contributed by atoms with Crippen molar-refractivity contribution in [2.24, 2.45) is 0 Å². The van der Waals surface area contributed by atoms with Gasteiger partial charge in [0.1, 0.15) is 11.3 Å². The van der Waals surface area contributed by atoms with E-state index >= 15 is 0 Å². The van der Waals surface area contributed by atoms with Gasteiger partial charge in [-0.1, -0.05) is 0 Å². The predicted octanol–water partition coefficient (Wildman–Crippen LogP) is 5.67. The van der Waals surface area contributed by atoms with E-state index in [9.17, 15) is 31.1 Å².